The molecule has 24 heavy (non-hydrogen) atoms. The predicted molar refractivity (Wildman–Crippen MR) is 98.9 cm³/mol. The summed E-state index contributed by atoms with van der Waals surface area (Å²) >= 11 is 7.23. The lowest BCUT2D eigenvalue weighted by atomic mass is 10.1. The number of carbonyl (C=O) groups is 1. The average molecular weight is 361 g/mol. The quantitative estimate of drug-likeness (QED) is 0.648. The second-order valence-electron chi connectivity index (χ2n) is 5.61. The van der Waals surface area contributed by atoms with Gasteiger partial charge < -0.3 is 9.73 Å². The third kappa shape index (κ3) is 3.57. The Balaban J connectivity index is 1.73. The molecule has 0 unspecified atom stereocenters. The molecule has 1 aromatic heterocycles. The van der Waals surface area contributed by atoms with Crippen LogP contribution in [0.5, 0.6) is 0 Å². The molecule has 4 nitrogen and oxygen atoms in total. The van der Waals surface area contributed by atoms with Crippen molar-refractivity contribution in [3.8, 4) is 0 Å². The zero-order valence-corrected chi connectivity index (χ0v) is 15.2. The Morgan fingerprint density at radius 3 is 2.67 bits per heavy atom. The van der Waals surface area contributed by atoms with Crippen molar-refractivity contribution in [3.63, 3.8) is 0 Å². The van der Waals surface area contributed by atoms with Gasteiger partial charge in [0.15, 0.2) is 5.58 Å². The largest absolute Gasteiger partial charge is 0.431 e. The molecule has 6 heteroatoms. The van der Waals surface area contributed by atoms with Crippen LogP contribution in [0.1, 0.15) is 18.1 Å². The zero-order chi connectivity index (χ0) is 17.3. The van der Waals surface area contributed by atoms with Crippen molar-refractivity contribution in [1.82, 2.24) is 4.98 Å². The Morgan fingerprint density at radius 1 is 1.25 bits per heavy atom. The molecule has 124 valence electrons. The molecule has 0 radical (unpaired) electrons. The Bertz CT molecular complexity index is 887. The third-order valence-electron chi connectivity index (χ3n) is 3.71. The number of nitrogens with one attached hydrogen (secondary N) is 1. The molecule has 3 aromatic rings. The molecule has 0 aliphatic heterocycles. The summed E-state index contributed by atoms with van der Waals surface area (Å²) in [6, 6.07) is 11.2. The number of rotatable bonds is 4. The first-order chi connectivity index (χ1) is 11.4. The number of amides is 1. The molecule has 3 rings (SSSR count). The van der Waals surface area contributed by atoms with E-state index in [4.69, 9.17) is 16.0 Å². The predicted octanol–water partition coefficient (Wildman–Crippen LogP) is 5.22. The van der Waals surface area contributed by atoms with Gasteiger partial charge in [-0.25, -0.2) is 4.98 Å². The monoisotopic (exact) mass is 360 g/mol. The molecule has 0 saturated heterocycles. The van der Waals surface area contributed by atoms with E-state index in [1.54, 1.807) is 18.2 Å². The van der Waals surface area contributed by atoms with Crippen LogP contribution in [-0.4, -0.2) is 16.1 Å². The fraction of sp³-hybridized carbons (Fsp3) is 0.222. The topological polar surface area (TPSA) is 55.1 Å². The molecule has 0 aliphatic carbocycles. The van der Waals surface area contributed by atoms with E-state index in [9.17, 15) is 4.79 Å². The highest BCUT2D eigenvalue weighted by Gasteiger charge is 2.19. The number of para-hydroxylation sites is 1. The molecule has 0 saturated carbocycles. The molecule has 2 aromatic carbocycles. The Kier molecular flexibility index (Phi) is 4.83. The molecule has 1 N–H and O–H groups in total. The highest BCUT2D eigenvalue weighted by atomic mass is 35.5. The molecule has 0 fully saturated rings. The van der Waals surface area contributed by atoms with Gasteiger partial charge in [0.2, 0.25) is 5.91 Å². The van der Waals surface area contributed by atoms with Crippen LogP contribution in [0.15, 0.2) is 46.0 Å². The number of carbonyl (C=O) groups excluding carboxylic acids is 1. The Morgan fingerprint density at radius 2 is 1.96 bits per heavy atom. The number of halogens is 1. The number of aryl methyl sites for hydroxylation is 2. The number of anilines is 1. The number of hydrogen-bond acceptors (Lipinski definition) is 4. The van der Waals surface area contributed by atoms with Crippen LogP contribution >= 0.6 is 23.4 Å². The molecular weight excluding hydrogens is 344 g/mol. The van der Waals surface area contributed by atoms with Crippen molar-refractivity contribution in [2.75, 3.05) is 5.32 Å². The molecule has 1 amide bonds. The average Bonchev–Trinajstić information content (AvgIpc) is 2.92. The molecular formula is C18H17ClN2O2S. The number of aromatic nitrogens is 1. The summed E-state index contributed by atoms with van der Waals surface area (Å²) in [6.45, 7) is 5.78. The van der Waals surface area contributed by atoms with E-state index < -0.39 is 0 Å². The SMILES string of the molecule is Cc1cccc(C)c1NC(=O)[C@H](C)Sc1nc2ccc(Cl)cc2o1. The van der Waals surface area contributed by atoms with E-state index in [0.717, 1.165) is 22.3 Å². The van der Waals surface area contributed by atoms with Gasteiger partial charge in [-0.05, 0) is 44.0 Å². The number of fused-ring (bicyclic) bond motifs is 1. The fourth-order valence-electron chi connectivity index (χ4n) is 2.37. The van der Waals surface area contributed by atoms with Crippen molar-refractivity contribution in [3.05, 3.63) is 52.5 Å². The number of hydrogen-bond donors (Lipinski definition) is 1. The summed E-state index contributed by atoms with van der Waals surface area (Å²) in [6.07, 6.45) is 0. The lowest BCUT2D eigenvalue weighted by Gasteiger charge is -2.14. The van der Waals surface area contributed by atoms with E-state index in [1.807, 2.05) is 39.0 Å². The molecule has 0 aliphatic rings. The highest BCUT2D eigenvalue weighted by Crippen LogP contribution is 2.29. The first kappa shape index (κ1) is 16.9. The number of thioether (sulfide) groups is 1. The van der Waals surface area contributed by atoms with Crippen molar-refractivity contribution in [2.45, 2.75) is 31.2 Å². The Labute approximate surface area is 149 Å². The lowest BCUT2D eigenvalue weighted by Crippen LogP contribution is -2.23. The minimum atomic E-state index is -0.340. The zero-order valence-electron chi connectivity index (χ0n) is 13.6. The lowest BCUT2D eigenvalue weighted by molar-refractivity contribution is -0.115. The molecule has 1 heterocycles. The van der Waals surface area contributed by atoms with Crippen LogP contribution in [-0.2, 0) is 4.79 Å². The third-order valence-corrected chi connectivity index (χ3v) is 4.89. The first-order valence-corrected chi connectivity index (χ1v) is 8.79. The van der Waals surface area contributed by atoms with Gasteiger partial charge in [-0.3, -0.25) is 4.79 Å². The molecule has 1 atom stereocenters. The van der Waals surface area contributed by atoms with Gasteiger partial charge >= 0.3 is 0 Å². The number of nitrogens with zero attached hydrogens (tertiary/aromatic N) is 1. The van der Waals surface area contributed by atoms with Crippen molar-refractivity contribution >= 4 is 46.1 Å². The van der Waals surface area contributed by atoms with Crippen LogP contribution in [0.3, 0.4) is 0 Å². The standard InChI is InChI=1S/C18H17ClN2O2S/c1-10-5-4-6-11(2)16(10)21-17(22)12(3)24-18-20-14-8-7-13(19)9-15(14)23-18/h4-9,12H,1-3H3,(H,21,22)/t12-/m0/s1. The van der Waals surface area contributed by atoms with Gasteiger partial charge in [-0.1, -0.05) is 41.6 Å². The van der Waals surface area contributed by atoms with Crippen LogP contribution in [0, 0.1) is 13.8 Å². The second kappa shape index (κ2) is 6.87. The smallest absolute Gasteiger partial charge is 0.257 e. The maximum absolute atomic E-state index is 12.5. The summed E-state index contributed by atoms with van der Waals surface area (Å²) in [4.78, 5) is 16.8. The maximum Gasteiger partial charge on any atom is 0.257 e. The van der Waals surface area contributed by atoms with E-state index in [1.165, 1.54) is 11.8 Å². The summed E-state index contributed by atoms with van der Waals surface area (Å²) in [5.41, 5.74) is 4.28. The fourth-order valence-corrected chi connectivity index (χ4v) is 3.29. The minimum Gasteiger partial charge on any atom is -0.431 e. The van der Waals surface area contributed by atoms with Gasteiger partial charge in [0.05, 0.1) is 5.25 Å². The number of benzene rings is 2. The number of oxazole rings is 1. The second-order valence-corrected chi connectivity index (χ2v) is 7.34. The van der Waals surface area contributed by atoms with Crippen LogP contribution < -0.4 is 5.32 Å². The van der Waals surface area contributed by atoms with Gasteiger partial charge in [0.25, 0.3) is 5.22 Å². The summed E-state index contributed by atoms with van der Waals surface area (Å²) in [5.74, 6) is -0.0855. The van der Waals surface area contributed by atoms with Gasteiger partial charge in [-0.2, -0.15) is 0 Å². The van der Waals surface area contributed by atoms with E-state index in [2.05, 4.69) is 10.3 Å². The summed E-state index contributed by atoms with van der Waals surface area (Å²) in [5, 5.41) is 3.70. The van der Waals surface area contributed by atoms with Gasteiger partial charge in [0.1, 0.15) is 5.52 Å². The maximum atomic E-state index is 12.5. The van der Waals surface area contributed by atoms with Crippen molar-refractivity contribution in [1.29, 1.82) is 0 Å². The van der Waals surface area contributed by atoms with E-state index in [-0.39, 0.29) is 11.2 Å². The summed E-state index contributed by atoms with van der Waals surface area (Å²) in [7, 11) is 0. The minimum absolute atomic E-state index is 0.0855. The van der Waals surface area contributed by atoms with Crippen LogP contribution in [0.25, 0.3) is 11.1 Å². The Hall–Kier alpha value is -1.98. The van der Waals surface area contributed by atoms with Crippen LogP contribution in [0.4, 0.5) is 5.69 Å². The van der Waals surface area contributed by atoms with Crippen molar-refractivity contribution < 1.29 is 9.21 Å². The summed E-state index contributed by atoms with van der Waals surface area (Å²) < 4.78 is 5.65. The van der Waals surface area contributed by atoms with Crippen LogP contribution in [0.2, 0.25) is 5.02 Å². The molecule has 0 spiro atoms. The van der Waals surface area contributed by atoms with Gasteiger partial charge in [-0.15, -0.1) is 0 Å². The highest BCUT2D eigenvalue weighted by molar-refractivity contribution is 8.00. The normalized spacial score (nSPS) is 12.3. The molecule has 0 bridgehead atoms. The van der Waals surface area contributed by atoms with Crippen molar-refractivity contribution in [2.24, 2.45) is 0 Å². The van der Waals surface area contributed by atoms with E-state index in [0.29, 0.717) is 15.8 Å². The first-order valence-electron chi connectivity index (χ1n) is 7.54. The van der Waals surface area contributed by atoms with E-state index >= 15 is 0 Å². The van der Waals surface area contributed by atoms with Gasteiger partial charge in [0, 0.05) is 16.8 Å².